The monoisotopic (exact) mass is 435 g/mol. The predicted octanol–water partition coefficient (Wildman–Crippen LogP) is 4.70. The summed E-state index contributed by atoms with van der Waals surface area (Å²) in [5.74, 6) is 1.02. The van der Waals surface area contributed by atoms with E-state index in [1.54, 1.807) is 4.90 Å². The van der Waals surface area contributed by atoms with Crippen LogP contribution in [0.25, 0.3) is 0 Å². The largest absolute Gasteiger partial charge is 0.491 e. The first kappa shape index (κ1) is 22.2. The molecule has 6 nitrogen and oxygen atoms in total. The summed E-state index contributed by atoms with van der Waals surface area (Å²) < 4.78 is 5.68. The summed E-state index contributed by atoms with van der Waals surface area (Å²) in [6, 6.07) is 15.5. The third kappa shape index (κ3) is 5.06. The SMILES string of the molecule is CC1CCN(c2ccccc2NC(=O)[C@H]2CC(=O)N(c3ccc(OC(C)C)cc3)C2)CC1. The molecule has 2 aromatic carbocycles. The van der Waals surface area contributed by atoms with Gasteiger partial charge in [-0.3, -0.25) is 9.59 Å². The van der Waals surface area contributed by atoms with Gasteiger partial charge in [0.25, 0.3) is 0 Å². The van der Waals surface area contributed by atoms with E-state index in [1.165, 1.54) is 0 Å². The molecular formula is C26H33N3O3. The lowest BCUT2D eigenvalue weighted by atomic mass is 9.98. The number of piperidine rings is 1. The highest BCUT2D eigenvalue weighted by atomic mass is 16.5. The molecule has 2 aliphatic heterocycles. The number of para-hydroxylation sites is 2. The first-order chi connectivity index (χ1) is 15.4. The fourth-order valence-electron chi connectivity index (χ4n) is 4.45. The van der Waals surface area contributed by atoms with Crippen molar-refractivity contribution < 1.29 is 14.3 Å². The average Bonchev–Trinajstić information content (AvgIpc) is 3.17. The molecule has 2 heterocycles. The van der Waals surface area contributed by atoms with Crippen LogP contribution in [-0.2, 0) is 9.59 Å². The Morgan fingerprint density at radius 2 is 1.75 bits per heavy atom. The maximum Gasteiger partial charge on any atom is 0.229 e. The van der Waals surface area contributed by atoms with Gasteiger partial charge in [-0.2, -0.15) is 0 Å². The lowest BCUT2D eigenvalue weighted by Crippen LogP contribution is -2.34. The van der Waals surface area contributed by atoms with Crippen molar-refractivity contribution in [3.63, 3.8) is 0 Å². The Balaban J connectivity index is 1.41. The summed E-state index contributed by atoms with van der Waals surface area (Å²) in [5.41, 5.74) is 2.69. The number of carbonyl (C=O) groups excluding carboxylic acids is 2. The van der Waals surface area contributed by atoms with E-state index in [9.17, 15) is 9.59 Å². The van der Waals surface area contributed by atoms with Crippen LogP contribution in [-0.4, -0.2) is 37.6 Å². The Morgan fingerprint density at radius 3 is 2.44 bits per heavy atom. The molecule has 4 rings (SSSR count). The zero-order chi connectivity index (χ0) is 22.7. The van der Waals surface area contributed by atoms with E-state index in [-0.39, 0.29) is 30.3 Å². The minimum Gasteiger partial charge on any atom is -0.491 e. The maximum absolute atomic E-state index is 13.1. The minimum absolute atomic E-state index is 0.0269. The lowest BCUT2D eigenvalue weighted by molar-refractivity contribution is -0.122. The molecule has 32 heavy (non-hydrogen) atoms. The minimum atomic E-state index is -0.372. The van der Waals surface area contributed by atoms with Gasteiger partial charge in [0.1, 0.15) is 5.75 Å². The van der Waals surface area contributed by atoms with E-state index >= 15 is 0 Å². The summed E-state index contributed by atoms with van der Waals surface area (Å²) >= 11 is 0. The first-order valence-electron chi connectivity index (χ1n) is 11.6. The van der Waals surface area contributed by atoms with Crippen molar-refractivity contribution >= 4 is 28.9 Å². The van der Waals surface area contributed by atoms with E-state index in [1.807, 2.05) is 56.3 Å². The number of carbonyl (C=O) groups is 2. The number of hydrogen-bond acceptors (Lipinski definition) is 4. The van der Waals surface area contributed by atoms with Crippen LogP contribution in [0.4, 0.5) is 17.1 Å². The van der Waals surface area contributed by atoms with Gasteiger partial charge in [0, 0.05) is 31.7 Å². The molecule has 2 fully saturated rings. The van der Waals surface area contributed by atoms with Crippen molar-refractivity contribution in [1.29, 1.82) is 0 Å². The Hall–Kier alpha value is -3.02. The molecule has 0 saturated carbocycles. The predicted molar refractivity (Wildman–Crippen MR) is 128 cm³/mol. The van der Waals surface area contributed by atoms with E-state index in [4.69, 9.17) is 4.74 Å². The Bertz CT molecular complexity index is 949. The molecule has 2 aromatic rings. The van der Waals surface area contributed by atoms with Crippen LogP contribution >= 0.6 is 0 Å². The summed E-state index contributed by atoms with van der Waals surface area (Å²) in [6.07, 6.45) is 2.64. The fraction of sp³-hybridized carbons (Fsp3) is 0.462. The van der Waals surface area contributed by atoms with Gasteiger partial charge in [0.2, 0.25) is 11.8 Å². The molecule has 170 valence electrons. The molecule has 2 saturated heterocycles. The summed E-state index contributed by atoms with van der Waals surface area (Å²) in [4.78, 5) is 29.8. The van der Waals surface area contributed by atoms with E-state index < -0.39 is 0 Å². The molecule has 0 aliphatic carbocycles. The second kappa shape index (κ2) is 9.63. The van der Waals surface area contributed by atoms with Crippen molar-refractivity contribution in [3.8, 4) is 5.75 Å². The van der Waals surface area contributed by atoms with Crippen LogP contribution in [0.1, 0.15) is 40.0 Å². The number of nitrogens with one attached hydrogen (secondary N) is 1. The number of hydrogen-bond donors (Lipinski definition) is 1. The summed E-state index contributed by atoms with van der Waals surface area (Å²) in [6.45, 7) is 8.63. The number of anilines is 3. The van der Waals surface area contributed by atoms with E-state index in [0.717, 1.165) is 54.7 Å². The molecule has 0 bridgehead atoms. The van der Waals surface area contributed by atoms with Gasteiger partial charge >= 0.3 is 0 Å². The Labute approximate surface area is 190 Å². The van der Waals surface area contributed by atoms with Crippen molar-refractivity contribution in [3.05, 3.63) is 48.5 Å². The molecule has 6 heteroatoms. The van der Waals surface area contributed by atoms with Crippen LogP contribution in [0.3, 0.4) is 0 Å². The van der Waals surface area contributed by atoms with Crippen molar-refractivity contribution in [2.75, 3.05) is 34.8 Å². The summed E-state index contributed by atoms with van der Waals surface area (Å²) in [7, 11) is 0. The molecule has 2 aliphatic rings. The average molecular weight is 436 g/mol. The summed E-state index contributed by atoms with van der Waals surface area (Å²) in [5, 5.41) is 3.10. The number of ether oxygens (including phenoxy) is 1. The van der Waals surface area contributed by atoms with Crippen molar-refractivity contribution in [2.45, 2.75) is 46.1 Å². The quantitative estimate of drug-likeness (QED) is 0.714. The van der Waals surface area contributed by atoms with Crippen LogP contribution in [0, 0.1) is 11.8 Å². The highest BCUT2D eigenvalue weighted by molar-refractivity contribution is 6.04. The molecule has 1 N–H and O–H groups in total. The van der Waals surface area contributed by atoms with Crippen LogP contribution in [0.5, 0.6) is 5.75 Å². The maximum atomic E-state index is 13.1. The standard InChI is InChI=1S/C26H33N3O3/c1-18(2)32-22-10-8-21(9-11-22)29-17-20(16-25(29)30)26(31)27-23-6-4-5-7-24(23)28-14-12-19(3)13-15-28/h4-11,18-20H,12-17H2,1-3H3,(H,27,31)/t20-/m0/s1. The smallest absolute Gasteiger partial charge is 0.229 e. The number of rotatable bonds is 6. The third-order valence-electron chi connectivity index (χ3n) is 6.30. The van der Waals surface area contributed by atoms with Gasteiger partial charge in [0.05, 0.1) is 23.4 Å². The number of amides is 2. The van der Waals surface area contributed by atoms with E-state index in [2.05, 4.69) is 23.2 Å². The van der Waals surface area contributed by atoms with Gasteiger partial charge in [-0.15, -0.1) is 0 Å². The van der Waals surface area contributed by atoms with Crippen molar-refractivity contribution in [2.24, 2.45) is 11.8 Å². The second-order valence-electron chi connectivity index (χ2n) is 9.24. The van der Waals surface area contributed by atoms with E-state index in [0.29, 0.717) is 6.54 Å². The zero-order valence-electron chi connectivity index (χ0n) is 19.2. The first-order valence-corrected chi connectivity index (χ1v) is 11.6. The van der Waals surface area contributed by atoms with Gasteiger partial charge < -0.3 is 19.9 Å². The lowest BCUT2D eigenvalue weighted by Gasteiger charge is -2.33. The van der Waals surface area contributed by atoms with Gasteiger partial charge in [-0.05, 0) is 69.0 Å². The second-order valence-corrected chi connectivity index (χ2v) is 9.24. The van der Waals surface area contributed by atoms with Gasteiger partial charge in [0.15, 0.2) is 0 Å². The highest BCUT2D eigenvalue weighted by Gasteiger charge is 2.35. The molecular weight excluding hydrogens is 402 g/mol. The molecule has 0 unspecified atom stereocenters. The highest BCUT2D eigenvalue weighted by Crippen LogP contribution is 2.32. The topological polar surface area (TPSA) is 61.9 Å². The normalized spacial score (nSPS) is 19.5. The fourth-order valence-corrected chi connectivity index (χ4v) is 4.45. The zero-order valence-corrected chi connectivity index (χ0v) is 19.2. The molecule has 0 radical (unpaired) electrons. The van der Waals surface area contributed by atoms with Crippen LogP contribution < -0.4 is 19.9 Å². The Kier molecular flexibility index (Phi) is 6.68. The third-order valence-corrected chi connectivity index (χ3v) is 6.30. The number of nitrogens with zero attached hydrogens (tertiary/aromatic N) is 2. The van der Waals surface area contributed by atoms with Gasteiger partial charge in [-0.1, -0.05) is 19.1 Å². The molecule has 0 aromatic heterocycles. The van der Waals surface area contributed by atoms with Gasteiger partial charge in [-0.25, -0.2) is 0 Å². The van der Waals surface area contributed by atoms with Crippen LogP contribution in [0.15, 0.2) is 48.5 Å². The molecule has 2 amide bonds. The Morgan fingerprint density at radius 1 is 1.06 bits per heavy atom. The molecule has 0 spiro atoms. The van der Waals surface area contributed by atoms with Crippen LogP contribution in [0.2, 0.25) is 0 Å². The number of benzene rings is 2. The molecule has 1 atom stereocenters. The van der Waals surface area contributed by atoms with Crippen molar-refractivity contribution in [1.82, 2.24) is 0 Å².